The van der Waals surface area contributed by atoms with Crippen LogP contribution in [0.15, 0.2) is 23.3 Å². The summed E-state index contributed by atoms with van der Waals surface area (Å²) >= 11 is 5.27. The lowest BCUT2D eigenvalue weighted by atomic mass is 10.2. The number of hydrogen-bond acceptors (Lipinski definition) is 7. The highest BCUT2D eigenvalue weighted by molar-refractivity contribution is 7.71. The van der Waals surface area contributed by atoms with Crippen molar-refractivity contribution in [1.29, 1.82) is 0 Å². The predicted molar refractivity (Wildman–Crippen MR) is 98.8 cm³/mol. The van der Waals surface area contributed by atoms with Crippen molar-refractivity contribution in [3.8, 4) is 28.8 Å². The smallest absolute Gasteiger partial charge is 0.216 e. The van der Waals surface area contributed by atoms with Crippen molar-refractivity contribution in [2.24, 2.45) is 5.10 Å². The van der Waals surface area contributed by atoms with Crippen molar-refractivity contribution in [2.45, 2.75) is 6.92 Å². The van der Waals surface area contributed by atoms with E-state index in [1.165, 1.54) is 4.68 Å². The second-order valence-corrected chi connectivity index (χ2v) is 5.68. The number of benzene rings is 1. The van der Waals surface area contributed by atoms with E-state index in [0.717, 1.165) is 5.69 Å². The molecule has 9 nitrogen and oxygen atoms in total. The Bertz CT molecular complexity index is 979. The van der Waals surface area contributed by atoms with Crippen LogP contribution >= 0.6 is 12.2 Å². The van der Waals surface area contributed by atoms with Gasteiger partial charge in [0.2, 0.25) is 10.6 Å². The van der Waals surface area contributed by atoms with Gasteiger partial charge in [-0.15, -0.1) is 0 Å². The third-order valence-electron chi connectivity index (χ3n) is 3.64. The second kappa shape index (κ2) is 7.40. The van der Waals surface area contributed by atoms with Gasteiger partial charge in [-0.25, -0.2) is 5.10 Å². The van der Waals surface area contributed by atoms with E-state index < -0.39 is 0 Å². The summed E-state index contributed by atoms with van der Waals surface area (Å²) in [4.78, 5) is 0. The first-order valence-corrected chi connectivity index (χ1v) is 8.02. The number of nitrogens with zero attached hydrogens (tertiary/aromatic N) is 4. The van der Waals surface area contributed by atoms with Crippen LogP contribution in [0.5, 0.6) is 17.2 Å². The van der Waals surface area contributed by atoms with Gasteiger partial charge in [0, 0.05) is 17.8 Å². The minimum absolute atomic E-state index is 0.336. The molecule has 0 unspecified atom stereocenters. The third kappa shape index (κ3) is 3.31. The summed E-state index contributed by atoms with van der Waals surface area (Å²) in [6.07, 6.45) is 1.59. The van der Waals surface area contributed by atoms with Crippen LogP contribution in [0.25, 0.3) is 11.5 Å². The Hall–Kier alpha value is -3.14. The molecular formula is C16H18N6O3S. The van der Waals surface area contributed by atoms with Gasteiger partial charge in [-0.1, -0.05) is 0 Å². The topological polar surface area (TPSA) is 102 Å². The van der Waals surface area contributed by atoms with E-state index in [0.29, 0.717) is 39.1 Å². The Morgan fingerprint density at radius 3 is 2.27 bits per heavy atom. The number of nitrogens with one attached hydrogen (secondary N) is 2. The maximum atomic E-state index is 5.42. The summed E-state index contributed by atoms with van der Waals surface area (Å²) in [6.45, 7) is 1.90. The lowest BCUT2D eigenvalue weighted by Gasteiger charge is -2.12. The fraction of sp³-hybridized carbons (Fsp3) is 0.250. The molecule has 0 bridgehead atoms. The van der Waals surface area contributed by atoms with Crippen LogP contribution in [-0.2, 0) is 0 Å². The molecule has 0 aliphatic heterocycles. The lowest BCUT2D eigenvalue weighted by Crippen LogP contribution is -2.00. The van der Waals surface area contributed by atoms with Gasteiger partial charge in [-0.05, 0) is 25.2 Å². The van der Waals surface area contributed by atoms with Gasteiger partial charge < -0.3 is 14.2 Å². The van der Waals surface area contributed by atoms with Crippen molar-refractivity contribution in [1.82, 2.24) is 25.1 Å². The van der Waals surface area contributed by atoms with Gasteiger partial charge in [0.25, 0.3) is 0 Å². The molecule has 0 amide bonds. The number of aromatic nitrogens is 5. The van der Waals surface area contributed by atoms with Crippen LogP contribution in [0.2, 0.25) is 0 Å². The molecule has 2 N–H and O–H groups in total. The molecule has 0 saturated heterocycles. The van der Waals surface area contributed by atoms with Crippen LogP contribution < -0.4 is 14.2 Å². The standard InChI is InChI=1S/C16H18N6O3S/c1-9-5-12(19-18-9)15-20-21-16(26)22(15)17-8-11-13(24-3)6-10(23-2)7-14(11)25-4/h5-8H,1-4H3,(H,18,19)(H,21,26)/b17-8+. The number of H-pyrrole nitrogens is 2. The van der Waals surface area contributed by atoms with Gasteiger partial charge >= 0.3 is 0 Å². The normalized spacial score (nSPS) is 11.1. The summed E-state index contributed by atoms with van der Waals surface area (Å²) in [5.74, 6) is 2.21. The number of ether oxygens (including phenoxy) is 3. The number of rotatable bonds is 6. The summed E-state index contributed by atoms with van der Waals surface area (Å²) in [5.41, 5.74) is 2.17. The fourth-order valence-corrected chi connectivity index (χ4v) is 2.55. The summed E-state index contributed by atoms with van der Waals surface area (Å²) < 4.78 is 17.9. The molecule has 0 radical (unpaired) electrons. The Morgan fingerprint density at radius 1 is 1.04 bits per heavy atom. The second-order valence-electron chi connectivity index (χ2n) is 5.29. The van der Waals surface area contributed by atoms with E-state index >= 15 is 0 Å². The summed E-state index contributed by atoms with van der Waals surface area (Å²) in [7, 11) is 4.70. The molecule has 10 heteroatoms. The Balaban J connectivity index is 2.07. The molecule has 0 aliphatic carbocycles. The van der Waals surface area contributed by atoms with E-state index in [9.17, 15) is 0 Å². The molecule has 2 heterocycles. The minimum atomic E-state index is 0.336. The first-order valence-electron chi connectivity index (χ1n) is 7.61. The van der Waals surface area contributed by atoms with Crippen LogP contribution in [0, 0.1) is 11.7 Å². The van der Waals surface area contributed by atoms with Crippen LogP contribution in [0.1, 0.15) is 11.3 Å². The molecule has 26 heavy (non-hydrogen) atoms. The van der Waals surface area contributed by atoms with Crippen molar-refractivity contribution >= 4 is 18.4 Å². The highest BCUT2D eigenvalue weighted by Gasteiger charge is 2.14. The van der Waals surface area contributed by atoms with Gasteiger partial charge in [0.15, 0.2) is 0 Å². The highest BCUT2D eigenvalue weighted by Crippen LogP contribution is 2.32. The maximum absolute atomic E-state index is 5.42. The van der Waals surface area contributed by atoms with Crippen LogP contribution in [-0.4, -0.2) is 52.6 Å². The zero-order valence-electron chi connectivity index (χ0n) is 14.7. The van der Waals surface area contributed by atoms with Crippen molar-refractivity contribution < 1.29 is 14.2 Å². The summed E-state index contributed by atoms with van der Waals surface area (Å²) in [5, 5.41) is 18.4. The Kier molecular flexibility index (Phi) is 5.03. The van der Waals surface area contributed by atoms with Crippen molar-refractivity contribution in [2.75, 3.05) is 21.3 Å². The van der Waals surface area contributed by atoms with E-state index in [4.69, 9.17) is 26.4 Å². The van der Waals surface area contributed by atoms with E-state index in [-0.39, 0.29) is 0 Å². The zero-order valence-corrected chi connectivity index (χ0v) is 15.5. The zero-order chi connectivity index (χ0) is 18.7. The van der Waals surface area contributed by atoms with Crippen molar-refractivity contribution in [3.63, 3.8) is 0 Å². The molecule has 3 aromatic rings. The molecule has 2 aromatic heterocycles. The van der Waals surface area contributed by atoms with Crippen LogP contribution in [0.4, 0.5) is 0 Å². The first-order chi connectivity index (χ1) is 12.6. The van der Waals surface area contributed by atoms with Gasteiger partial charge in [-0.2, -0.15) is 20.0 Å². The number of methoxy groups -OCH3 is 3. The van der Waals surface area contributed by atoms with Gasteiger partial charge in [0.1, 0.15) is 22.9 Å². The molecule has 0 fully saturated rings. The number of aryl methyl sites for hydroxylation is 1. The van der Waals surface area contributed by atoms with Crippen LogP contribution in [0.3, 0.4) is 0 Å². The molecule has 0 saturated carbocycles. The van der Waals surface area contributed by atoms with Gasteiger partial charge in [0.05, 0.1) is 33.1 Å². The SMILES string of the molecule is COc1cc(OC)c(/C=N/n2c(-c3cc(C)[nH]n3)n[nH]c2=S)c(OC)c1. The molecule has 136 valence electrons. The van der Waals surface area contributed by atoms with E-state index in [2.05, 4.69) is 25.5 Å². The summed E-state index contributed by atoms with van der Waals surface area (Å²) in [6, 6.07) is 5.35. The van der Waals surface area contributed by atoms with Gasteiger partial charge in [-0.3, -0.25) is 5.10 Å². The average Bonchev–Trinajstić information content (AvgIpc) is 3.24. The predicted octanol–water partition coefficient (Wildman–Crippen LogP) is 2.55. The number of aromatic amines is 2. The quantitative estimate of drug-likeness (QED) is 0.508. The highest BCUT2D eigenvalue weighted by atomic mass is 32.1. The monoisotopic (exact) mass is 374 g/mol. The van der Waals surface area contributed by atoms with Crippen molar-refractivity contribution in [3.05, 3.63) is 34.2 Å². The number of hydrogen-bond donors (Lipinski definition) is 2. The largest absolute Gasteiger partial charge is 0.496 e. The molecule has 3 rings (SSSR count). The Labute approximate surface area is 154 Å². The van der Waals surface area contributed by atoms with E-state index in [1.54, 1.807) is 39.7 Å². The minimum Gasteiger partial charge on any atom is -0.496 e. The molecule has 0 atom stereocenters. The maximum Gasteiger partial charge on any atom is 0.216 e. The molecule has 0 spiro atoms. The Morgan fingerprint density at radius 2 is 1.73 bits per heavy atom. The lowest BCUT2D eigenvalue weighted by molar-refractivity contribution is 0.374. The molecule has 0 aliphatic rings. The average molecular weight is 374 g/mol. The first kappa shape index (κ1) is 17.7. The molecule has 1 aromatic carbocycles. The fourth-order valence-electron chi connectivity index (χ4n) is 2.37. The van der Waals surface area contributed by atoms with E-state index in [1.807, 2.05) is 13.0 Å². The molecular weight excluding hydrogens is 356 g/mol. The third-order valence-corrected chi connectivity index (χ3v) is 3.91.